The third kappa shape index (κ3) is 2.51. The number of hydrogen-bond donors (Lipinski definition) is 1. The molecule has 18 heavy (non-hydrogen) atoms. The topological polar surface area (TPSA) is 66.6 Å². The van der Waals surface area contributed by atoms with Gasteiger partial charge in [0.15, 0.2) is 0 Å². The van der Waals surface area contributed by atoms with Crippen LogP contribution in [0.5, 0.6) is 5.75 Å². The summed E-state index contributed by atoms with van der Waals surface area (Å²) in [5.41, 5.74) is 1.41. The molecule has 0 unspecified atom stereocenters. The number of phenols is 1. The third-order valence-electron chi connectivity index (χ3n) is 2.68. The predicted molar refractivity (Wildman–Crippen MR) is 65.1 cm³/mol. The minimum atomic E-state index is -0.137. The maximum atomic E-state index is 12.1. The molecule has 0 saturated heterocycles. The van der Waals surface area contributed by atoms with E-state index in [4.69, 9.17) is 4.52 Å². The summed E-state index contributed by atoms with van der Waals surface area (Å²) in [4.78, 5) is 13.6. The molecule has 5 heteroatoms. The van der Waals surface area contributed by atoms with Gasteiger partial charge < -0.3 is 14.5 Å². The lowest BCUT2D eigenvalue weighted by molar-refractivity contribution is 0.0783. The van der Waals surface area contributed by atoms with E-state index in [-0.39, 0.29) is 11.7 Å². The second-order valence-corrected chi connectivity index (χ2v) is 4.12. The minimum Gasteiger partial charge on any atom is -0.508 e. The van der Waals surface area contributed by atoms with E-state index < -0.39 is 0 Å². The Kier molecular flexibility index (Phi) is 3.32. The van der Waals surface area contributed by atoms with Crippen molar-refractivity contribution in [3.8, 4) is 5.75 Å². The van der Waals surface area contributed by atoms with Crippen LogP contribution in [0.3, 0.4) is 0 Å². The van der Waals surface area contributed by atoms with Gasteiger partial charge in [-0.3, -0.25) is 4.79 Å². The number of carbonyl (C=O) groups is 1. The van der Waals surface area contributed by atoms with Crippen LogP contribution in [0.1, 0.15) is 21.7 Å². The molecular weight excluding hydrogens is 232 g/mol. The zero-order valence-electron chi connectivity index (χ0n) is 10.3. The molecule has 94 valence electrons. The van der Waals surface area contributed by atoms with Gasteiger partial charge in [-0.25, -0.2) is 0 Å². The summed E-state index contributed by atoms with van der Waals surface area (Å²) in [7, 11) is 1.71. The first-order valence-electron chi connectivity index (χ1n) is 5.52. The molecule has 0 aliphatic rings. The first-order valence-corrected chi connectivity index (χ1v) is 5.52. The second-order valence-electron chi connectivity index (χ2n) is 4.12. The van der Waals surface area contributed by atoms with Gasteiger partial charge in [0.2, 0.25) is 0 Å². The van der Waals surface area contributed by atoms with Gasteiger partial charge in [-0.05, 0) is 24.6 Å². The van der Waals surface area contributed by atoms with Crippen LogP contribution >= 0.6 is 0 Å². The number of aromatic nitrogens is 1. The molecule has 0 aliphatic carbocycles. The van der Waals surface area contributed by atoms with Crippen LogP contribution in [0.2, 0.25) is 0 Å². The molecule has 2 aromatic rings. The Morgan fingerprint density at radius 3 is 2.61 bits per heavy atom. The molecule has 5 nitrogen and oxygen atoms in total. The van der Waals surface area contributed by atoms with Crippen molar-refractivity contribution in [2.24, 2.45) is 0 Å². The predicted octanol–water partition coefficient (Wildman–Crippen LogP) is 1.96. The van der Waals surface area contributed by atoms with Crippen LogP contribution in [0.4, 0.5) is 0 Å². The SMILES string of the molecule is Cc1oncc1C(=O)N(C)Cc1ccc(O)cc1. The summed E-state index contributed by atoms with van der Waals surface area (Å²) in [6.07, 6.45) is 1.42. The van der Waals surface area contributed by atoms with Crippen LogP contribution in [-0.4, -0.2) is 28.1 Å². The molecule has 1 heterocycles. The first-order chi connectivity index (χ1) is 8.58. The number of nitrogens with zero attached hydrogens (tertiary/aromatic N) is 2. The van der Waals surface area contributed by atoms with Crippen molar-refractivity contribution in [3.05, 3.63) is 47.3 Å². The molecular formula is C13H14N2O3. The number of aryl methyl sites for hydroxylation is 1. The molecule has 0 spiro atoms. The Hall–Kier alpha value is -2.30. The monoisotopic (exact) mass is 246 g/mol. The number of aromatic hydroxyl groups is 1. The highest BCUT2D eigenvalue weighted by Crippen LogP contribution is 2.14. The Morgan fingerprint density at radius 1 is 1.39 bits per heavy atom. The fraction of sp³-hybridized carbons (Fsp3) is 0.231. The van der Waals surface area contributed by atoms with E-state index in [1.54, 1.807) is 43.1 Å². The zero-order chi connectivity index (χ0) is 13.1. The number of phenolic OH excluding ortho intramolecular Hbond substituents is 1. The molecule has 0 aliphatic heterocycles. The van der Waals surface area contributed by atoms with Crippen LogP contribution in [0, 0.1) is 6.92 Å². The van der Waals surface area contributed by atoms with Crippen molar-refractivity contribution in [1.82, 2.24) is 10.1 Å². The molecule has 2 rings (SSSR count). The van der Waals surface area contributed by atoms with Crippen molar-refractivity contribution in [2.75, 3.05) is 7.05 Å². The van der Waals surface area contributed by atoms with E-state index in [0.29, 0.717) is 17.9 Å². The van der Waals surface area contributed by atoms with Gasteiger partial charge in [0.05, 0.1) is 6.20 Å². The number of amides is 1. The van der Waals surface area contributed by atoms with Gasteiger partial charge in [0.25, 0.3) is 5.91 Å². The summed E-state index contributed by atoms with van der Waals surface area (Å²) in [6.45, 7) is 2.17. The van der Waals surface area contributed by atoms with Gasteiger partial charge in [-0.2, -0.15) is 0 Å². The maximum Gasteiger partial charge on any atom is 0.259 e. The molecule has 1 aromatic carbocycles. The molecule has 1 aromatic heterocycles. The van der Waals surface area contributed by atoms with Gasteiger partial charge in [-0.1, -0.05) is 17.3 Å². The molecule has 1 amide bonds. The minimum absolute atomic E-state index is 0.137. The molecule has 0 bridgehead atoms. The van der Waals surface area contributed by atoms with Gasteiger partial charge in [0.1, 0.15) is 17.1 Å². The standard InChI is InChI=1S/C13H14N2O3/c1-9-12(7-14-18-9)13(17)15(2)8-10-3-5-11(16)6-4-10/h3-7,16H,8H2,1-2H3. The fourth-order valence-corrected chi connectivity index (χ4v) is 1.66. The highest BCUT2D eigenvalue weighted by molar-refractivity contribution is 5.94. The lowest BCUT2D eigenvalue weighted by Gasteiger charge is -2.16. The Labute approximate surface area is 105 Å². The first kappa shape index (κ1) is 12.2. The van der Waals surface area contributed by atoms with E-state index in [1.807, 2.05) is 0 Å². The van der Waals surface area contributed by atoms with Gasteiger partial charge >= 0.3 is 0 Å². The number of benzene rings is 1. The smallest absolute Gasteiger partial charge is 0.259 e. The quantitative estimate of drug-likeness (QED) is 0.899. The Morgan fingerprint density at radius 2 is 2.06 bits per heavy atom. The van der Waals surface area contributed by atoms with E-state index >= 15 is 0 Å². The molecule has 0 fully saturated rings. The second kappa shape index (κ2) is 4.91. The van der Waals surface area contributed by atoms with Crippen LogP contribution in [0.15, 0.2) is 35.0 Å². The van der Waals surface area contributed by atoms with Crippen molar-refractivity contribution < 1.29 is 14.4 Å². The van der Waals surface area contributed by atoms with E-state index in [1.165, 1.54) is 6.20 Å². The zero-order valence-corrected chi connectivity index (χ0v) is 10.3. The summed E-state index contributed by atoms with van der Waals surface area (Å²) >= 11 is 0. The molecule has 0 radical (unpaired) electrons. The fourth-order valence-electron chi connectivity index (χ4n) is 1.66. The normalized spacial score (nSPS) is 10.3. The lowest BCUT2D eigenvalue weighted by Crippen LogP contribution is -2.26. The Bertz CT molecular complexity index is 546. The summed E-state index contributed by atoms with van der Waals surface area (Å²) < 4.78 is 4.87. The lowest BCUT2D eigenvalue weighted by atomic mass is 10.2. The van der Waals surface area contributed by atoms with Crippen molar-refractivity contribution in [3.63, 3.8) is 0 Å². The van der Waals surface area contributed by atoms with E-state index in [2.05, 4.69) is 5.16 Å². The highest BCUT2D eigenvalue weighted by Gasteiger charge is 2.17. The van der Waals surface area contributed by atoms with Crippen LogP contribution in [0.25, 0.3) is 0 Å². The van der Waals surface area contributed by atoms with Crippen molar-refractivity contribution in [1.29, 1.82) is 0 Å². The van der Waals surface area contributed by atoms with Gasteiger partial charge in [-0.15, -0.1) is 0 Å². The summed E-state index contributed by atoms with van der Waals surface area (Å²) in [6, 6.07) is 6.75. The highest BCUT2D eigenvalue weighted by atomic mass is 16.5. The summed E-state index contributed by atoms with van der Waals surface area (Å²) in [5, 5.41) is 12.8. The van der Waals surface area contributed by atoms with E-state index in [9.17, 15) is 9.90 Å². The molecule has 0 atom stereocenters. The average molecular weight is 246 g/mol. The number of hydrogen-bond acceptors (Lipinski definition) is 4. The van der Waals surface area contributed by atoms with Gasteiger partial charge in [0, 0.05) is 13.6 Å². The maximum absolute atomic E-state index is 12.1. The molecule has 0 saturated carbocycles. The van der Waals surface area contributed by atoms with Crippen molar-refractivity contribution >= 4 is 5.91 Å². The molecule has 1 N–H and O–H groups in total. The average Bonchev–Trinajstić information content (AvgIpc) is 2.77. The van der Waals surface area contributed by atoms with Crippen molar-refractivity contribution in [2.45, 2.75) is 13.5 Å². The van der Waals surface area contributed by atoms with Crippen LogP contribution < -0.4 is 0 Å². The van der Waals surface area contributed by atoms with E-state index in [0.717, 1.165) is 5.56 Å². The summed E-state index contributed by atoms with van der Waals surface area (Å²) in [5.74, 6) is 0.585. The Balaban J connectivity index is 2.08. The largest absolute Gasteiger partial charge is 0.508 e. The van der Waals surface area contributed by atoms with Crippen LogP contribution in [-0.2, 0) is 6.54 Å². The number of carbonyl (C=O) groups excluding carboxylic acids is 1. The number of rotatable bonds is 3. The third-order valence-corrected chi connectivity index (χ3v) is 2.68.